The summed E-state index contributed by atoms with van der Waals surface area (Å²) >= 11 is 0. The van der Waals surface area contributed by atoms with Crippen molar-refractivity contribution in [2.45, 2.75) is 65.3 Å². The number of likely N-dealkylation sites (tertiary alicyclic amines) is 1. The van der Waals surface area contributed by atoms with Crippen molar-refractivity contribution in [2.75, 3.05) is 26.2 Å². The van der Waals surface area contributed by atoms with Crippen LogP contribution in [-0.4, -0.2) is 53.1 Å². The lowest BCUT2D eigenvalue weighted by Crippen LogP contribution is -2.39. The predicted molar refractivity (Wildman–Crippen MR) is 126 cm³/mol. The quantitative estimate of drug-likeness (QED) is 0.333. The minimum Gasteiger partial charge on any atom is -0.357 e. The number of nitrogens with zero attached hydrogens (tertiary/aromatic N) is 4. The molecular weight excluding hydrogens is 404 g/mol. The first-order valence-electron chi connectivity index (χ1n) is 11.9. The second-order valence-corrected chi connectivity index (χ2v) is 8.13. The van der Waals surface area contributed by atoms with E-state index in [1.165, 1.54) is 0 Å². The average Bonchev–Trinajstić information content (AvgIpc) is 3.17. The van der Waals surface area contributed by atoms with Gasteiger partial charge >= 0.3 is 0 Å². The van der Waals surface area contributed by atoms with Gasteiger partial charge in [0.2, 0.25) is 5.91 Å². The van der Waals surface area contributed by atoms with Crippen LogP contribution in [0, 0.1) is 0 Å². The molecule has 0 aliphatic carbocycles. The van der Waals surface area contributed by atoms with Gasteiger partial charge in [-0.1, -0.05) is 30.6 Å². The predicted octanol–water partition coefficient (Wildman–Crippen LogP) is 3.54. The van der Waals surface area contributed by atoms with Gasteiger partial charge in [-0.2, -0.15) is 4.98 Å². The number of aromatic nitrogens is 2. The Morgan fingerprint density at radius 3 is 2.97 bits per heavy atom. The van der Waals surface area contributed by atoms with Crippen LogP contribution >= 0.6 is 0 Å². The molecule has 3 rings (SSSR count). The lowest BCUT2D eigenvalue weighted by molar-refractivity contribution is -0.130. The molecule has 0 saturated carbocycles. The van der Waals surface area contributed by atoms with Gasteiger partial charge in [0, 0.05) is 44.6 Å². The molecule has 174 valence electrons. The first-order valence-corrected chi connectivity index (χ1v) is 11.9. The lowest BCUT2D eigenvalue weighted by Gasteiger charge is -2.20. The van der Waals surface area contributed by atoms with Crippen LogP contribution in [0.1, 0.15) is 63.8 Å². The highest BCUT2D eigenvalue weighted by Gasteiger charge is 2.15. The molecule has 2 heterocycles. The van der Waals surface area contributed by atoms with Gasteiger partial charge in [-0.15, -0.1) is 0 Å². The number of nitrogens with one attached hydrogen (secondary N) is 2. The molecule has 1 aromatic carbocycles. The molecule has 1 aromatic heterocycles. The highest BCUT2D eigenvalue weighted by atomic mass is 16.5. The zero-order chi connectivity index (χ0) is 22.6. The van der Waals surface area contributed by atoms with Gasteiger partial charge < -0.3 is 20.1 Å². The maximum atomic E-state index is 12.1. The Morgan fingerprint density at radius 1 is 1.22 bits per heavy atom. The molecule has 0 unspecified atom stereocenters. The second kappa shape index (κ2) is 12.8. The molecule has 1 aliphatic heterocycles. The van der Waals surface area contributed by atoms with E-state index in [0.717, 1.165) is 87.6 Å². The summed E-state index contributed by atoms with van der Waals surface area (Å²) in [4.78, 5) is 23.3. The van der Waals surface area contributed by atoms with E-state index in [9.17, 15) is 4.79 Å². The van der Waals surface area contributed by atoms with Crippen LogP contribution < -0.4 is 10.6 Å². The highest BCUT2D eigenvalue weighted by Crippen LogP contribution is 2.19. The Hall–Kier alpha value is -2.90. The van der Waals surface area contributed by atoms with E-state index < -0.39 is 0 Å². The molecule has 2 aromatic rings. The van der Waals surface area contributed by atoms with Crippen molar-refractivity contribution < 1.29 is 9.32 Å². The van der Waals surface area contributed by atoms with E-state index in [1.54, 1.807) is 0 Å². The molecule has 0 atom stereocenters. The molecule has 32 heavy (non-hydrogen) atoms. The zero-order valence-corrected chi connectivity index (χ0v) is 19.4. The molecule has 1 amide bonds. The summed E-state index contributed by atoms with van der Waals surface area (Å²) in [6, 6.07) is 8.05. The van der Waals surface area contributed by atoms with Gasteiger partial charge in [0.1, 0.15) is 0 Å². The first-order chi connectivity index (χ1) is 15.7. The van der Waals surface area contributed by atoms with Crippen molar-refractivity contribution in [1.29, 1.82) is 0 Å². The fourth-order valence-corrected chi connectivity index (χ4v) is 3.76. The first kappa shape index (κ1) is 23.8. The van der Waals surface area contributed by atoms with E-state index >= 15 is 0 Å². The molecule has 1 aliphatic rings. The maximum Gasteiger partial charge on any atom is 0.257 e. The Balaban J connectivity index is 1.52. The lowest BCUT2D eigenvalue weighted by atomic mass is 10.1. The minimum atomic E-state index is 0.297. The third-order valence-corrected chi connectivity index (χ3v) is 5.45. The Bertz CT molecular complexity index is 879. The third-order valence-electron chi connectivity index (χ3n) is 5.45. The van der Waals surface area contributed by atoms with Gasteiger partial charge in [0.25, 0.3) is 5.89 Å². The summed E-state index contributed by atoms with van der Waals surface area (Å²) in [5.41, 5.74) is 1.98. The summed E-state index contributed by atoms with van der Waals surface area (Å²) in [5, 5.41) is 10.7. The van der Waals surface area contributed by atoms with Crippen LogP contribution in [0.15, 0.2) is 33.8 Å². The van der Waals surface area contributed by atoms with E-state index in [2.05, 4.69) is 34.6 Å². The number of benzene rings is 1. The number of guanidine groups is 1. The van der Waals surface area contributed by atoms with Crippen LogP contribution in [-0.2, 0) is 17.8 Å². The second-order valence-electron chi connectivity index (χ2n) is 8.13. The van der Waals surface area contributed by atoms with Crippen molar-refractivity contribution in [3.8, 4) is 11.5 Å². The summed E-state index contributed by atoms with van der Waals surface area (Å²) in [6.45, 7) is 7.96. The standard InChI is InChI=1S/C24H36N6O2/c1-3-10-21-28-23(32-29-21)20-12-8-11-19(17-20)18-27-24(25-4-2)26-14-9-16-30-15-7-5-6-13-22(30)31/h8,11-12,17H,3-7,9-10,13-16,18H2,1-2H3,(H2,25,26,27). The summed E-state index contributed by atoms with van der Waals surface area (Å²) in [6.07, 6.45) is 6.71. The van der Waals surface area contributed by atoms with Crippen LogP contribution in [0.3, 0.4) is 0 Å². The number of hydrogen-bond acceptors (Lipinski definition) is 5. The summed E-state index contributed by atoms with van der Waals surface area (Å²) in [7, 11) is 0. The summed E-state index contributed by atoms with van der Waals surface area (Å²) < 4.78 is 5.40. The molecule has 8 heteroatoms. The van der Waals surface area contributed by atoms with E-state index in [0.29, 0.717) is 24.8 Å². The Morgan fingerprint density at radius 2 is 2.12 bits per heavy atom. The Labute approximate surface area is 190 Å². The van der Waals surface area contributed by atoms with Gasteiger partial charge in [-0.05, 0) is 50.3 Å². The average molecular weight is 441 g/mol. The fourth-order valence-electron chi connectivity index (χ4n) is 3.76. The minimum absolute atomic E-state index is 0.297. The monoisotopic (exact) mass is 440 g/mol. The normalized spacial score (nSPS) is 15.0. The van der Waals surface area contributed by atoms with Crippen molar-refractivity contribution in [3.05, 3.63) is 35.7 Å². The molecule has 8 nitrogen and oxygen atoms in total. The number of aliphatic imine (C=N–C) groups is 1. The van der Waals surface area contributed by atoms with E-state index in [-0.39, 0.29) is 0 Å². The van der Waals surface area contributed by atoms with Crippen molar-refractivity contribution in [2.24, 2.45) is 4.99 Å². The molecule has 0 bridgehead atoms. The van der Waals surface area contributed by atoms with Crippen LogP contribution in [0.2, 0.25) is 0 Å². The largest absolute Gasteiger partial charge is 0.357 e. The van der Waals surface area contributed by atoms with Crippen molar-refractivity contribution in [3.63, 3.8) is 0 Å². The number of hydrogen-bond donors (Lipinski definition) is 2. The van der Waals surface area contributed by atoms with E-state index in [1.807, 2.05) is 29.2 Å². The SMILES string of the molecule is CCCc1noc(-c2cccc(CN=C(NCC)NCCCN3CCCCCC3=O)c2)n1. The van der Waals surface area contributed by atoms with Crippen molar-refractivity contribution >= 4 is 11.9 Å². The van der Waals surface area contributed by atoms with Crippen LogP contribution in [0.25, 0.3) is 11.5 Å². The molecule has 0 spiro atoms. The van der Waals surface area contributed by atoms with E-state index in [4.69, 9.17) is 9.52 Å². The smallest absolute Gasteiger partial charge is 0.257 e. The van der Waals surface area contributed by atoms with Crippen LogP contribution in [0.5, 0.6) is 0 Å². The molecule has 1 saturated heterocycles. The molecule has 2 N–H and O–H groups in total. The number of amides is 1. The number of rotatable bonds is 10. The highest BCUT2D eigenvalue weighted by molar-refractivity contribution is 5.79. The molecular formula is C24H36N6O2. The van der Waals surface area contributed by atoms with Gasteiger partial charge in [0.15, 0.2) is 11.8 Å². The van der Waals surface area contributed by atoms with Gasteiger partial charge in [0.05, 0.1) is 6.54 Å². The van der Waals surface area contributed by atoms with Gasteiger partial charge in [-0.3, -0.25) is 4.79 Å². The number of carbonyl (C=O) groups excluding carboxylic acids is 1. The van der Waals surface area contributed by atoms with Gasteiger partial charge in [-0.25, -0.2) is 4.99 Å². The summed E-state index contributed by atoms with van der Waals surface area (Å²) in [5.74, 6) is 2.37. The third kappa shape index (κ3) is 7.35. The number of carbonyl (C=O) groups is 1. The topological polar surface area (TPSA) is 95.6 Å². The zero-order valence-electron chi connectivity index (χ0n) is 19.4. The molecule has 0 radical (unpaired) electrons. The van der Waals surface area contributed by atoms with Crippen LogP contribution in [0.4, 0.5) is 0 Å². The fraction of sp³-hybridized carbons (Fsp3) is 0.583. The van der Waals surface area contributed by atoms with Crippen molar-refractivity contribution in [1.82, 2.24) is 25.7 Å². The molecule has 1 fully saturated rings. The number of aryl methyl sites for hydroxylation is 1. The maximum absolute atomic E-state index is 12.1. The Kier molecular flexibility index (Phi) is 9.53.